The molecule has 3 rings (SSSR count). The molecule has 3 aromatic rings. The Labute approximate surface area is 253 Å². The third kappa shape index (κ3) is 11.1. The summed E-state index contributed by atoms with van der Waals surface area (Å²) in [5.74, 6) is 1.80. The van der Waals surface area contributed by atoms with Crippen LogP contribution in [0.4, 0.5) is 0 Å². The summed E-state index contributed by atoms with van der Waals surface area (Å²) in [6.07, 6.45) is 27.8. The Hall–Kier alpha value is -2.35. The molecule has 0 spiro atoms. The first kappa shape index (κ1) is 33.2. The molecule has 0 aliphatic heterocycles. The lowest BCUT2D eigenvalue weighted by atomic mass is 9.66. The van der Waals surface area contributed by atoms with Crippen LogP contribution in [-0.2, 0) is 11.8 Å². The number of imidazole rings is 1. The van der Waals surface area contributed by atoms with E-state index in [2.05, 4.69) is 110 Å². The normalized spacial score (nSPS) is 13.9. The van der Waals surface area contributed by atoms with Gasteiger partial charge in [0.15, 0.2) is 0 Å². The van der Waals surface area contributed by atoms with Gasteiger partial charge in [-0.05, 0) is 37.8 Å². The molecule has 0 aliphatic carbocycles. The SMILES string of the molecule is CCCCCCCCCCCCCCCCCC(c1[nH]cc[n+]1C(C)C)C(C)(Cc1ccccc1)c1ccccc1. The zero-order valence-corrected chi connectivity index (χ0v) is 27.1. The molecule has 0 fully saturated rings. The summed E-state index contributed by atoms with van der Waals surface area (Å²) in [5, 5.41) is 0. The van der Waals surface area contributed by atoms with Gasteiger partial charge >= 0.3 is 0 Å². The summed E-state index contributed by atoms with van der Waals surface area (Å²) in [4.78, 5) is 3.71. The van der Waals surface area contributed by atoms with Crippen LogP contribution in [0.1, 0.15) is 159 Å². The minimum Gasteiger partial charge on any atom is -0.247 e. The summed E-state index contributed by atoms with van der Waals surface area (Å²) in [7, 11) is 0. The van der Waals surface area contributed by atoms with Crippen molar-refractivity contribution in [3.8, 4) is 0 Å². The predicted molar refractivity (Wildman–Crippen MR) is 178 cm³/mol. The van der Waals surface area contributed by atoms with Crippen molar-refractivity contribution in [1.29, 1.82) is 0 Å². The molecular formula is C39H61N2+. The Balaban J connectivity index is 1.54. The van der Waals surface area contributed by atoms with Gasteiger partial charge in [0, 0.05) is 5.41 Å². The van der Waals surface area contributed by atoms with Gasteiger partial charge in [-0.15, -0.1) is 0 Å². The quantitative estimate of drug-likeness (QED) is 0.0936. The number of aromatic nitrogens is 2. The van der Waals surface area contributed by atoms with Gasteiger partial charge in [-0.25, -0.2) is 9.55 Å². The average Bonchev–Trinajstić information content (AvgIpc) is 3.48. The third-order valence-corrected chi connectivity index (χ3v) is 9.34. The molecule has 226 valence electrons. The summed E-state index contributed by atoms with van der Waals surface area (Å²) in [5.41, 5.74) is 2.86. The van der Waals surface area contributed by atoms with Crippen molar-refractivity contribution in [2.75, 3.05) is 0 Å². The minimum absolute atomic E-state index is 0.000107. The van der Waals surface area contributed by atoms with Gasteiger partial charge in [-0.3, -0.25) is 0 Å². The molecule has 41 heavy (non-hydrogen) atoms. The van der Waals surface area contributed by atoms with Crippen molar-refractivity contribution in [2.24, 2.45) is 0 Å². The monoisotopic (exact) mass is 557 g/mol. The topological polar surface area (TPSA) is 19.7 Å². The maximum atomic E-state index is 3.71. The Morgan fingerprint density at radius 3 is 1.66 bits per heavy atom. The van der Waals surface area contributed by atoms with E-state index in [1.54, 1.807) is 0 Å². The maximum Gasteiger partial charge on any atom is 0.258 e. The molecule has 1 N–H and O–H groups in total. The summed E-state index contributed by atoms with van der Waals surface area (Å²) >= 11 is 0. The van der Waals surface area contributed by atoms with Gasteiger partial charge in [-0.1, -0.05) is 171 Å². The van der Waals surface area contributed by atoms with Crippen LogP contribution in [0.15, 0.2) is 73.1 Å². The van der Waals surface area contributed by atoms with Gasteiger partial charge in [-0.2, -0.15) is 0 Å². The second kappa shape index (κ2) is 19.0. The number of hydrogen-bond donors (Lipinski definition) is 1. The van der Waals surface area contributed by atoms with E-state index in [9.17, 15) is 0 Å². The molecule has 1 aromatic heterocycles. The number of aromatic amines is 1. The second-order valence-corrected chi connectivity index (χ2v) is 13.1. The molecule has 0 radical (unpaired) electrons. The van der Waals surface area contributed by atoms with Crippen molar-refractivity contribution in [2.45, 2.75) is 154 Å². The van der Waals surface area contributed by atoms with E-state index < -0.39 is 0 Å². The maximum absolute atomic E-state index is 3.71. The van der Waals surface area contributed by atoms with Crippen LogP contribution in [0.2, 0.25) is 0 Å². The van der Waals surface area contributed by atoms with Gasteiger partial charge in [0.1, 0.15) is 12.4 Å². The zero-order chi connectivity index (χ0) is 29.2. The molecule has 0 aliphatic rings. The molecule has 2 atom stereocenters. The Kier molecular flexibility index (Phi) is 15.3. The lowest BCUT2D eigenvalue weighted by Crippen LogP contribution is -2.45. The van der Waals surface area contributed by atoms with E-state index in [0.29, 0.717) is 12.0 Å². The van der Waals surface area contributed by atoms with Gasteiger partial charge in [0.2, 0.25) is 0 Å². The number of hydrogen-bond acceptors (Lipinski definition) is 0. The smallest absolute Gasteiger partial charge is 0.247 e. The predicted octanol–water partition coefficient (Wildman–Crippen LogP) is 11.4. The van der Waals surface area contributed by atoms with Gasteiger partial charge < -0.3 is 0 Å². The van der Waals surface area contributed by atoms with Crippen molar-refractivity contribution < 1.29 is 4.57 Å². The molecule has 0 saturated heterocycles. The number of unbranched alkanes of at least 4 members (excludes halogenated alkanes) is 14. The fourth-order valence-electron chi connectivity index (χ4n) is 6.83. The molecule has 0 saturated carbocycles. The van der Waals surface area contributed by atoms with Crippen molar-refractivity contribution in [3.05, 3.63) is 90.0 Å². The number of rotatable bonds is 22. The number of nitrogens with zero attached hydrogens (tertiary/aromatic N) is 1. The van der Waals surface area contributed by atoms with Crippen LogP contribution in [-0.4, -0.2) is 4.98 Å². The number of H-pyrrole nitrogens is 1. The van der Waals surface area contributed by atoms with Crippen LogP contribution in [0.25, 0.3) is 0 Å². The fraction of sp³-hybridized carbons (Fsp3) is 0.615. The van der Waals surface area contributed by atoms with Crippen molar-refractivity contribution in [3.63, 3.8) is 0 Å². The first-order valence-corrected chi connectivity index (χ1v) is 17.2. The van der Waals surface area contributed by atoms with E-state index in [1.165, 1.54) is 120 Å². The molecule has 2 heteroatoms. The van der Waals surface area contributed by atoms with Crippen LogP contribution < -0.4 is 4.57 Å². The summed E-state index contributed by atoms with van der Waals surface area (Å²) in [6.45, 7) is 9.42. The molecule has 2 nitrogen and oxygen atoms in total. The lowest BCUT2D eigenvalue weighted by molar-refractivity contribution is -0.723. The minimum atomic E-state index is 0.000107. The number of benzene rings is 2. The van der Waals surface area contributed by atoms with E-state index in [1.807, 2.05) is 0 Å². The highest BCUT2D eigenvalue weighted by Gasteiger charge is 2.42. The molecular weight excluding hydrogens is 496 g/mol. The van der Waals surface area contributed by atoms with Crippen molar-refractivity contribution >= 4 is 0 Å². The highest BCUT2D eigenvalue weighted by molar-refractivity contribution is 5.32. The van der Waals surface area contributed by atoms with Gasteiger partial charge in [0.05, 0.1) is 12.0 Å². The molecule has 2 unspecified atom stereocenters. The Morgan fingerprint density at radius 1 is 0.659 bits per heavy atom. The number of nitrogens with one attached hydrogen (secondary N) is 1. The van der Waals surface area contributed by atoms with E-state index in [0.717, 1.165) is 6.42 Å². The highest BCUT2D eigenvalue weighted by atomic mass is 15.1. The standard InChI is InChI=1S/C39H60N2/c1-5-6-7-8-9-10-11-12-13-14-15-16-17-18-25-30-37(38-40-31-32-41(38)34(2)3)39(4,36-28-23-20-24-29-36)33-35-26-21-19-22-27-35/h19-24,26-29,31-32,34,37H,5-18,25,30,33H2,1-4H3/p+1. The molecule has 1 heterocycles. The third-order valence-electron chi connectivity index (χ3n) is 9.34. The Morgan fingerprint density at radius 2 is 1.15 bits per heavy atom. The first-order valence-electron chi connectivity index (χ1n) is 17.2. The molecule has 0 bridgehead atoms. The largest absolute Gasteiger partial charge is 0.258 e. The summed E-state index contributed by atoms with van der Waals surface area (Å²) in [6, 6.07) is 22.8. The van der Waals surface area contributed by atoms with E-state index in [-0.39, 0.29) is 5.41 Å². The fourth-order valence-corrected chi connectivity index (χ4v) is 6.83. The second-order valence-electron chi connectivity index (χ2n) is 13.1. The van der Waals surface area contributed by atoms with Crippen molar-refractivity contribution in [1.82, 2.24) is 4.98 Å². The van der Waals surface area contributed by atoms with Crippen LogP contribution >= 0.6 is 0 Å². The zero-order valence-electron chi connectivity index (χ0n) is 27.1. The van der Waals surface area contributed by atoms with Crippen LogP contribution in [0.5, 0.6) is 0 Å². The van der Waals surface area contributed by atoms with E-state index >= 15 is 0 Å². The summed E-state index contributed by atoms with van der Waals surface area (Å²) < 4.78 is 2.47. The molecule has 2 aromatic carbocycles. The van der Waals surface area contributed by atoms with Gasteiger partial charge in [0.25, 0.3) is 5.82 Å². The highest BCUT2D eigenvalue weighted by Crippen LogP contribution is 2.43. The van der Waals surface area contributed by atoms with E-state index in [4.69, 9.17) is 0 Å². The average molecular weight is 558 g/mol. The molecule has 0 amide bonds. The van der Waals surface area contributed by atoms with Crippen LogP contribution in [0.3, 0.4) is 0 Å². The lowest BCUT2D eigenvalue weighted by Gasteiger charge is -2.37. The Bertz CT molecular complexity index is 1040. The first-order chi connectivity index (χ1) is 20.1. The van der Waals surface area contributed by atoms with Crippen LogP contribution in [0, 0.1) is 0 Å².